The molecule has 0 spiro atoms. The molecule has 1 aliphatic heterocycles. The molecule has 2 aliphatic rings. The zero-order chi connectivity index (χ0) is 21.8. The van der Waals surface area contributed by atoms with Crippen molar-refractivity contribution in [2.45, 2.75) is 43.0 Å². The summed E-state index contributed by atoms with van der Waals surface area (Å²) in [5.74, 6) is -0.132. The normalized spacial score (nSPS) is 17.5. The van der Waals surface area contributed by atoms with E-state index in [1.807, 2.05) is 0 Å². The number of benzene rings is 1. The quantitative estimate of drug-likeness (QED) is 0.715. The molecule has 166 valence electrons. The van der Waals surface area contributed by atoms with Crippen LogP contribution in [0.5, 0.6) is 0 Å². The van der Waals surface area contributed by atoms with Gasteiger partial charge in [0.25, 0.3) is 11.8 Å². The molecule has 1 aromatic carbocycles. The van der Waals surface area contributed by atoms with E-state index in [0.29, 0.717) is 13.2 Å². The number of hydrogen-bond acceptors (Lipinski definition) is 8. The van der Waals surface area contributed by atoms with Crippen molar-refractivity contribution in [3.63, 3.8) is 0 Å². The standard InChI is InChI=1S/C20H24N4O6S/c1-24(15-5-3-2-4-6-15)31(26,27)16-9-7-14(8-10-16)18(25)21-20-23-22-19(30-20)17-13-28-11-12-29-17/h7-10,13,15H,2-6,11-12H2,1H3,(H,21,23,25). The summed E-state index contributed by atoms with van der Waals surface area (Å²) in [6, 6.07) is 5.68. The number of amides is 1. The lowest BCUT2D eigenvalue weighted by molar-refractivity contribution is 0.102. The molecule has 10 nitrogen and oxygen atoms in total. The smallest absolute Gasteiger partial charge is 0.322 e. The van der Waals surface area contributed by atoms with E-state index in [1.54, 1.807) is 7.05 Å². The van der Waals surface area contributed by atoms with Crippen LogP contribution in [0.15, 0.2) is 39.8 Å². The summed E-state index contributed by atoms with van der Waals surface area (Å²) in [4.78, 5) is 12.6. The fourth-order valence-corrected chi connectivity index (χ4v) is 5.02. The summed E-state index contributed by atoms with van der Waals surface area (Å²) in [5, 5.41) is 10.1. The van der Waals surface area contributed by atoms with E-state index in [4.69, 9.17) is 13.9 Å². The topological polar surface area (TPSA) is 124 Å². The lowest BCUT2D eigenvalue weighted by Gasteiger charge is -2.30. The van der Waals surface area contributed by atoms with Gasteiger partial charge in [-0.3, -0.25) is 10.1 Å². The minimum atomic E-state index is -3.62. The highest BCUT2D eigenvalue weighted by molar-refractivity contribution is 7.89. The van der Waals surface area contributed by atoms with Crippen LogP contribution in [0.1, 0.15) is 48.4 Å². The maximum atomic E-state index is 12.9. The summed E-state index contributed by atoms with van der Waals surface area (Å²) in [7, 11) is -2.00. The highest BCUT2D eigenvalue weighted by Crippen LogP contribution is 2.26. The van der Waals surface area contributed by atoms with Gasteiger partial charge in [0.05, 0.1) is 4.90 Å². The molecule has 11 heteroatoms. The highest BCUT2D eigenvalue weighted by atomic mass is 32.2. The SMILES string of the molecule is CN(C1CCCCC1)S(=O)(=O)c1ccc(C(=O)Nc2nnc(C3=COCCO3)o2)cc1. The Hall–Kier alpha value is -2.92. The minimum absolute atomic E-state index is 0.0158. The molecule has 1 N–H and O–H groups in total. The molecule has 1 aliphatic carbocycles. The largest absolute Gasteiger partial charge is 0.494 e. The summed E-state index contributed by atoms with van der Waals surface area (Å²) >= 11 is 0. The van der Waals surface area contributed by atoms with E-state index in [-0.39, 0.29) is 34.2 Å². The van der Waals surface area contributed by atoms with Crippen LogP contribution in [0.4, 0.5) is 6.01 Å². The maximum Gasteiger partial charge on any atom is 0.322 e. The fraction of sp³-hybridized carbons (Fsp3) is 0.450. The molecule has 0 atom stereocenters. The van der Waals surface area contributed by atoms with Crippen LogP contribution in [0.3, 0.4) is 0 Å². The van der Waals surface area contributed by atoms with Crippen LogP contribution < -0.4 is 5.32 Å². The first-order valence-electron chi connectivity index (χ1n) is 10.1. The van der Waals surface area contributed by atoms with Crippen molar-refractivity contribution < 1.29 is 27.1 Å². The average Bonchev–Trinajstić information content (AvgIpc) is 3.28. The average molecular weight is 449 g/mol. The predicted molar refractivity (Wildman–Crippen MR) is 110 cm³/mol. The Morgan fingerprint density at radius 2 is 1.84 bits per heavy atom. The molecular weight excluding hydrogens is 424 g/mol. The van der Waals surface area contributed by atoms with E-state index in [9.17, 15) is 13.2 Å². The third-order valence-electron chi connectivity index (χ3n) is 5.39. The highest BCUT2D eigenvalue weighted by Gasteiger charge is 2.29. The Kier molecular flexibility index (Phi) is 6.23. The molecule has 1 fully saturated rings. The van der Waals surface area contributed by atoms with Crippen LogP contribution in [0.2, 0.25) is 0 Å². The first-order chi connectivity index (χ1) is 14.9. The Morgan fingerprint density at radius 1 is 1.10 bits per heavy atom. The van der Waals surface area contributed by atoms with Gasteiger partial charge in [-0.1, -0.05) is 24.4 Å². The fourth-order valence-electron chi connectivity index (χ4n) is 3.61. The number of carbonyl (C=O) groups is 1. The van der Waals surface area contributed by atoms with Gasteiger partial charge in [-0.25, -0.2) is 8.42 Å². The molecule has 0 bridgehead atoms. The summed E-state index contributed by atoms with van der Waals surface area (Å²) in [6.45, 7) is 0.796. The van der Waals surface area contributed by atoms with Crippen LogP contribution in [-0.4, -0.2) is 55.1 Å². The van der Waals surface area contributed by atoms with Crippen LogP contribution in [0, 0.1) is 0 Å². The van der Waals surface area contributed by atoms with Gasteiger partial charge in [-0.2, -0.15) is 4.31 Å². The van der Waals surface area contributed by atoms with E-state index in [0.717, 1.165) is 32.1 Å². The molecule has 1 amide bonds. The summed E-state index contributed by atoms with van der Waals surface area (Å²) in [6.07, 6.45) is 6.34. The monoisotopic (exact) mass is 448 g/mol. The minimum Gasteiger partial charge on any atom is -0.494 e. The summed E-state index contributed by atoms with van der Waals surface area (Å²) in [5.41, 5.74) is 0.260. The van der Waals surface area contributed by atoms with Crippen molar-refractivity contribution >= 4 is 27.7 Å². The Bertz CT molecular complexity index is 1060. The molecule has 2 heterocycles. The van der Waals surface area contributed by atoms with Gasteiger partial charge >= 0.3 is 6.01 Å². The molecule has 31 heavy (non-hydrogen) atoms. The third-order valence-corrected chi connectivity index (χ3v) is 7.31. The Balaban J connectivity index is 1.42. The van der Waals surface area contributed by atoms with Crippen molar-refractivity contribution in [3.05, 3.63) is 42.0 Å². The van der Waals surface area contributed by atoms with Crippen LogP contribution in [-0.2, 0) is 19.5 Å². The zero-order valence-electron chi connectivity index (χ0n) is 17.1. The molecular formula is C20H24N4O6S. The summed E-state index contributed by atoms with van der Waals surface area (Å²) < 4.78 is 43.1. The molecule has 2 aromatic rings. The van der Waals surface area contributed by atoms with Crippen molar-refractivity contribution in [1.29, 1.82) is 0 Å². The second-order valence-electron chi connectivity index (χ2n) is 7.41. The molecule has 0 unspecified atom stereocenters. The van der Waals surface area contributed by atoms with Gasteiger partial charge in [0.1, 0.15) is 19.5 Å². The van der Waals surface area contributed by atoms with Crippen molar-refractivity contribution in [2.24, 2.45) is 0 Å². The number of sulfonamides is 1. The lowest BCUT2D eigenvalue weighted by Crippen LogP contribution is -2.38. The van der Waals surface area contributed by atoms with E-state index >= 15 is 0 Å². The van der Waals surface area contributed by atoms with Gasteiger partial charge in [-0.05, 0) is 37.1 Å². The maximum absolute atomic E-state index is 12.9. The van der Waals surface area contributed by atoms with Crippen LogP contribution in [0.25, 0.3) is 5.76 Å². The second kappa shape index (κ2) is 9.06. The van der Waals surface area contributed by atoms with Gasteiger partial charge in [0.2, 0.25) is 15.8 Å². The van der Waals surface area contributed by atoms with Crippen LogP contribution >= 0.6 is 0 Å². The van der Waals surface area contributed by atoms with E-state index < -0.39 is 15.9 Å². The first kappa shape index (κ1) is 21.3. The number of aromatic nitrogens is 2. The molecule has 4 rings (SSSR count). The molecule has 0 saturated heterocycles. The predicted octanol–water partition coefficient (Wildman–Crippen LogP) is 2.62. The molecule has 0 radical (unpaired) electrons. The first-order valence-corrected chi connectivity index (χ1v) is 11.6. The van der Waals surface area contributed by atoms with E-state index in [1.165, 1.54) is 34.8 Å². The van der Waals surface area contributed by atoms with Gasteiger partial charge in [0, 0.05) is 18.7 Å². The molecule has 1 saturated carbocycles. The van der Waals surface area contributed by atoms with E-state index in [2.05, 4.69) is 15.5 Å². The third kappa shape index (κ3) is 4.72. The van der Waals surface area contributed by atoms with Gasteiger partial charge in [-0.15, -0.1) is 5.10 Å². The van der Waals surface area contributed by atoms with Gasteiger partial charge in [0.15, 0.2) is 0 Å². The van der Waals surface area contributed by atoms with Crippen molar-refractivity contribution in [3.8, 4) is 0 Å². The zero-order valence-corrected chi connectivity index (χ0v) is 17.9. The number of nitrogens with zero attached hydrogens (tertiary/aromatic N) is 3. The number of carbonyl (C=O) groups excluding carboxylic acids is 1. The number of nitrogens with one attached hydrogen (secondary N) is 1. The number of anilines is 1. The molecule has 1 aromatic heterocycles. The number of rotatable bonds is 6. The van der Waals surface area contributed by atoms with Gasteiger partial charge < -0.3 is 13.9 Å². The van der Waals surface area contributed by atoms with Crippen molar-refractivity contribution in [2.75, 3.05) is 25.6 Å². The lowest BCUT2D eigenvalue weighted by atomic mass is 9.96. The second-order valence-corrected chi connectivity index (χ2v) is 9.40. The van der Waals surface area contributed by atoms with Crippen molar-refractivity contribution in [1.82, 2.24) is 14.5 Å². The Morgan fingerprint density at radius 3 is 2.52 bits per heavy atom. The Labute approximate surface area is 180 Å². The number of hydrogen-bond donors (Lipinski definition) is 1. The number of ether oxygens (including phenoxy) is 2.